The van der Waals surface area contributed by atoms with E-state index in [9.17, 15) is 4.79 Å². The lowest BCUT2D eigenvalue weighted by Gasteiger charge is -2.04. The summed E-state index contributed by atoms with van der Waals surface area (Å²) in [6, 6.07) is 17.6. The van der Waals surface area contributed by atoms with Crippen LogP contribution in [0, 0.1) is 5.92 Å². The molecule has 1 fully saturated rings. The Hall–Kier alpha value is -2.13. The predicted molar refractivity (Wildman–Crippen MR) is 89.1 cm³/mol. The van der Waals surface area contributed by atoms with Gasteiger partial charge < -0.3 is 0 Å². The summed E-state index contributed by atoms with van der Waals surface area (Å²) in [5.41, 5.74) is 5.42. The third-order valence-corrected chi connectivity index (χ3v) is 4.28. The van der Waals surface area contributed by atoms with Crippen LogP contribution >= 0.6 is 11.6 Å². The second kappa shape index (κ2) is 6.32. The highest BCUT2D eigenvalue weighted by molar-refractivity contribution is 6.34. The van der Waals surface area contributed by atoms with Crippen LogP contribution in [-0.4, -0.2) is 11.6 Å². The molecule has 0 heterocycles. The number of carbonyl (C=O) groups excluding carboxylic acids is 1. The van der Waals surface area contributed by atoms with Gasteiger partial charge in [0.15, 0.2) is 0 Å². The molecule has 0 aliphatic heterocycles. The normalized spacial score (nSPS) is 20.5. The molecule has 1 amide bonds. The molecular formula is C18H17ClN2O. The third kappa shape index (κ3) is 3.20. The Morgan fingerprint density at radius 2 is 1.82 bits per heavy atom. The van der Waals surface area contributed by atoms with Crippen molar-refractivity contribution >= 4 is 23.2 Å². The number of nitrogens with zero attached hydrogens (tertiary/aromatic N) is 1. The molecular weight excluding hydrogens is 296 g/mol. The molecule has 2 atom stereocenters. The van der Waals surface area contributed by atoms with E-state index in [1.807, 2.05) is 49.4 Å². The van der Waals surface area contributed by atoms with Gasteiger partial charge in [-0.25, -0.2) is 5.43 Å². The maximum absolute atomic E-state index is 12.2. The van der Waals surface area contributed by atoms with Crippen LogP contribution in [-0.2, 0) is 4.79 Å². The summed E-state index contributed by atoms with van der Waals surface area (Å²) in [5, 5.41) is 4.81. The minimum absolute atomic E-state index is 0.0187. The van der Waals surface area contributed by atoms with Crippen LogP contribution in [0.25, 0.3) is 0 Å². The van der Waals surface area contributed by atoms with E-state index in [4.69, 9.17) is 11.6 Å². The minimum Gasteiger partial charge on any atom is -0.273 e. The van der Waals surface area contributed by atoms with Crippen molar-refractivity contribution in [2.45, 2.75) is 19.3 Å². The van der Waals surface area contributed by atoms with E-state index in [2.05, 4.69) is 22.7 Å². The Kier molecular flexibility index (Phi) is 4.25. The molecule has 1 aliphatic carbocycles. The highest BCUT2D eigenvalue weighted by Gasteiger charge is 2.43. The van der Waals surface area contributed by atoms with E-state index < -0.39 is 0 Å². The van der Waals surface area contributed by atoms with Gasteiger partial charge in [-0.1, -0.05) is 60.1 Å². The van der Waals surface area contributed by atoms with E-state index in [1.165, 1.54) is 5.56 Å². The van der Waals surface area contributed by atoms with Gasteiger partial charge in [0.25, 0.3) is 0 Å². The molecule has 2 aromatic rings. The third-order valence-electron chi connectivity index (χ3n) is 3.95. The first-order valence-corrected chi connectivity index (χ1v) is 7.68. The molecule has 112 valence electrons. The Labute approximate surface area is 135 Å². The van der Waals surface area contributed by atoms with Crippen LogP contribution < -0.4 is 5.43 Å². The average Bonchev–Trinajstić information content (AvgIpc) is 3.34. The van der Waals surface area contributed by atoms with Crippen molar-refractivity contribution in [2.75, 3.05) is 0 Å². The van der Waals surface area contributed by atoms with E-state index >= 15 is 0 Å². The van der Waals surface area contributed by atoms with Crippen LogP contribution in [0.3, 0.4) is 0 Å². The molecule has 22 heavy (non-hydrogen) atoms. The smallest absolute Gasteiger partial charge is 0.243 e. The SMILES string of the molecule is CC(=NNC(=O)[C@@H]1C[C@H]1c1ccccc1)c1ccccc1Cl. The van der Waals surface area contributed by atoms with Gasteiger partial charge in [-0.05, 0) is 30.9 Å². The number of rotatable bonds is 4. The molecule has 2 aromatic carbocycles. The monoisotopic (exact) mass is 312 g/mol. The lowest BCUT2D eigenvalue weighted by atomic mass is 10.1. The number of hydrogen-bond donors (Lipinski definition) is 1. The van der Waals surface area contributed by atoms with E-state index in [0.29, 0.717) is 16.7 Å². The quantitative estimate of drug-likeness (QED) is 0.673. The van der Waals surface area contributed by atoms with Crippen LogP contribution in [0.1, 0.15) is 30.4 Å². The van der Waals surface area contributed by atoms with Crippen molar-refractivity contribution in [1.29, 1.82) is 0 Å². The summed E-state index contributed by atoms with van der Waals surface area (Å²) in [7, 11) is 0. The highest BCUT2D eigenvalue weighted by atomic mass is 35.5. The molecule has 1 aliphatic rings. The lowest BCUT2D eigenvalue weighted by Crippen LogP contribution is -2.21. The molecule has 1 saturated carbocycles. The predicted octanol–water partition coefficient (Wildman–Crippen LogP) is 3.98. The fraction of sp³-hybridized carbons (Fsp3) is 0.222. The molecule has 4 heteroatoms. The molecule has 0 saturated heterocycles. The van der Waals surface area contributed by atoms with Crippen molar-refractivity contribution in [1.82, 2.24) is 5.43 Å². The van der Waals surface area contributed by atoms with Gasteiger partial charge in [0.05, 0.1) is 5.71 Å². The first-order valence-electron chi connectivity index (χ1n) is 7.31. The van der Waals surface area contributed by atoms with Crippen LogP contribution in [0.15, 0.2) is 59.7 Å². The second-order valence-corrected chi connectivity index (χ2v) is 5.92. The van der Waals surface area contributed by atoms with Gasteiger partial charge in [-0.3, -0.25) is 4.79 Å². The first kappa shape index (κ1) is 14.8. The van der Waals surface area contributed by atoms with Gasteiger partial charge in [0.1, 0.15) is 0 Å². The van der Waals surface area contributed by atoms with Crippen molar-refractivity contribution in [3.05, 3.63) is 70.7 Å². The zero-order valence-electron chi connectivity index (χ0n) is 12.3. The van der Waals surface area contributed by atoms with Crippen molar-refractivity contribution in [2.24, 2.45) is 11.0 Å². The standard InChI is InChI=1S/C18H17ClN2O/c1-12(14-9-5-6-10-17(14)19)20-21-18(22)16-11-15(16)13-7-3-2-4-8-13/h2-10,15-16H,11H2,1H3,(H,21,22)/t15-,16+/m0/s1. The Balaban J connectivity index is 1.62. The van der Waals surface area contributed by atoms with Crippen LogP contribution in [0.5, 0.6) is 0 Å². The van der Waals surface area contributed by atoms with Gasteiger partial charge in [0.2, 0.25) is 5.91 Å². The molecule has 0 spiro atoms. The number of halogens is 1. The van der Waals surface area contributed by atoms with Crippen LogP contribution in [0.2, 0.25) is 5.02 Å². The zero-order chi connectivity index (χ0) is 15.5. The van der Waals surface area contributed by atoms with Crippen molar-refractivity contribution in [3.8, 4) is 0 Å². The van der Waals surface area contributed by atoms with Crippen molar-refractivity contribution < 1.29 is 4.79 Å². The number of amides is 1. The Morgan fingerprint density at radius 1 is 1.14 bits per heavy atom. The maximum atomic E-state index is 12.2. The van der Waals surface area contributed by atoms with Crippen molar-refractivity contribution in [3.63, 3.8) is 0 Å². The molecule has 3 nitrogen and oxygen atoms in total. The maximum Gasteiger partial charge on any atom is 0.243 e. The van der Waals surface area contributed by atoms with Gasteiger partial charge in [-0.15, -0.1) is 0 Å². The lowest BCUT2D eigenvalue weighted by molar-refractivity contribution is -0.122. The zero-order valence-corrected chi connectivity index (χ0v) is 13.0. The van der Waals surface area contributed by atoms with Crippen LogP contribution in [0.4, 0.5) is 0 Å². The van der Waals surface area contributed by atoms with Gasteiger partial charge in [0, 0.05) is 16.5 Å². The molecule has 0 unspecified atom stereocenters. The number of hydrogen-bond acceptors (Lipinski definition) is 2. The highest BCUT2D eigenvalue weighted by Crippen LogP contribution is 2.47. The second-order valence-electron chi connectivity index (χ2n) is 5.51. The summed E-state index contributed by atoms with van der Waals surface area (Å²) in [6.07, 6.45) is 0.885. The summed E-state index contributed by atoms with van der Waals surface area (Å²) in [5.74, 6) is 0.308. The Bertz CT molecular complexity index is 712. The topological polar surface area (TPSA) is 41.5 Å². The average molecular weight is 313 g/mol. The number of nitrogens with one attached hydrogen (secondary N) is 1. The number of benzene rings is 2. The van der Waals surface area contributed by atoms with E-state index in [-0.39, 0.29) is 11.8 Å². The molecule has 1 N–H and O–H groups in total. The number of carbonyl (C=O) groups is 1. The summed E-state index contributed by atoms with van der Waals surface area (Å²) in [6.45, 7) is 1.84. The fourth-order valence-electron chi connectivity index (χ4n) is 2.59. The van der Waals surface area contributed by atoms with Gasteiger partial charge >= 0.3 is 0 Å². The fourth-order valence-corrected chi connectivity index (χ4v) is 2.86. The molecule has 0 bridgehead atoms. The number of hydrazone groups is 1. The summed E-state index contributed by atoms with van der Waals surface area (Å²) >= 11 is 6.12. The molecule has 0 aromatic heterocycles. The minimum atomic E-state index is -0.0275. The Morgan fingerprint density at radius 3 is 2.55 bits per heavy atom. The van der Waals surface area contributed by atoms with Gasteiger partial charge in [-0.2, -0.15) is 5.10 Å². The largest absolute Gasteiger partial charge is 0.273 e. The first-order chi connectivity index (χ1) is 10.7. The van der Waals surface area contributed by atoms with E-state index in [1.54, 1.807) is 0 Å². The molecule has 0 radical (unpaired) electrons. The summed E-state index contributed by atoms with van der Waals surface area (Å²) < 4.78 is 0. The molecule has 3 rings (SSSR count). The summed E-state index contributed by atoms with van der Waals surface area (Å²) in [4.78, 5) is 12.2. The van der Waals surface area contributed by atoms with E-state index in [0.717, 1.165) is 12.0 Å².